The van der Waals surface area contributed by atoms with Gasteiger partial charge in [0.05, 0.1) is 7.11 Å². The summed E-state index contributed by atoms with van der Waals surface area (Å²) in [5.74, 6) is 3.68. The molecule has 0 spiro atoms. The number of hydrogen-bond donors (Lipinski definition) is 0. The lowest BCUT2D eigenvalue weighted by atomic mass is 9.96. The van der Waals surface area contributed by atoms with E-state index in [0.29, 0.717) is 17.7 Å². The Morgan fingerprint density at radius 1 is 1.33 bits per heavy atom. The number of benzene rings is 1. The van der Waals surface area contributed by atoms with Crippen LogP contribution in [0.2, 0.25) is 0 Å². The lowest BCUT2D eigenvalue weighted by Gasteiger charge is -2.09. The maximum absolute atomic E-state index is 12.1. The lowest BCUT2D eigenvalue weighted by molar-refractivity contribution is -0.0697. The average molecular weight is 254 g/mol. The molecule has 0 heterocycles. The lowest BCUT2D eigenvalue weighted by Crippen LogP contribution is -2.03. The van der Waals surface area contributed by atoms with Gasteiger partial charge in [0.1, 0.15) is 5.75 Å². The quantitative estimate of drug-likeness (QED) is 0.584. The Labute approximate surface area is 104 Å². The number of hydrogen-bond acceptors (Lipinski definition) is 1. The van der Waals surface area contributed by atoms with Gasteiger partial charge in [0.2, 0.25) is 0 Å². The second kappa shape index (κ2) is 6.15. The third-order valence-corrected chi connectivity index (χ3v) is 2.31. The highest BCUT2D eigenvalue weighted by Gasteiger charge is 2.23. The summed E-state index contributed by atoms with van der Waals surface area (Å²) in [5, 5.41) is 0. The van der Waals surface area contributed by atoms with E-state index in [2.05, 4.69) is 12.5 Å². The highest BCUT2D eigenvalue weighted by Crippen LogP contribution is 2.23. The Hall–Kier alpha value is -1.89. The molecular formula is C14H13F3O. The van der Waals surface area contributed by atoms with Crippen LogP contribution in [0, 0.1) is 11.8 Å². The molecule has 1 rings (SSSR count). The molecular weight excluding hydrogens is 241 g/mol. The standard InChI is InChI=1S/C14H13F3O/c1-3-4-11(9-10-14(15,16)17)12-5-7-13(18-2)8-6-12/h3,5-8,11H,1,4H2,2H3. The summed E-state index contributed by atoms with van der Waals surface area (Å²) in [6.07, 6.45) is -2.54. The summed E-state index contributed by atoms with van der Waals surface area (Å²) in [6, 6.07) is 6.80. The van der Waals surface area contributed by atoms with Crippen molar-refractivity contribution in [1.29, 1.82) is 0 Å². The molecule has 1 unspecified atom stereocenters. The molecule has 0 amide bonds. The van der Waals surface area contributed by atoms with Crippen LogP contribution in [0.25, 0.3) is 0 Å². The van der Waals surface area contributed by atoms with Crippen LogP contribution < -0.4 is 4.74 Å². The van der Waals surface area contributed by atoms with E-state index in [1.165, 1.54) is 13.0 Å². The fourth-order valence-electron chi connectivity index (χ4n) is 1.45. The van der Waals surface area contributed by atoms with Crippen molar-refractivity contribution < 1.29 is 17.9 Å². The smallest absolute Gasteiger partial charge is 0.457 e. The minimum Gasteiger partial charge on any atom is -0.497 e. The predicted molar refractivity (Wildman–Crippen MR) is 64.4 cm³/mol. The van der Waals surface area contributed by atoms with Crippen LogP contribution in [-0.2, 0) is 0 Å². The third-order valence-electron chi connectivity index (χ3n) is 2.31. The number of halogens is 3. The Morgan fingerprint density at radius 2 is 1.94 bits per heavy atom. The molecule has 4 heteroatoms. The maximum Gasteiger partial charge on any atom is 0.457 e. The first-order chi connectivity index (χ1) is 8.46. The number of ether oxygens (including phenoxy) is 1. The molecule has 0 aliphatic heterocycles. The Balaban J connectivity index is 2.95. The molecule has 0 saturated carbocycles. The van der Waals surface area contributed by atoms with Crippen molar-refractivity contribution in [2.45, 2.75) is 18.5 Å². The van der Waals surface area contributed by atoms with Gasteiger partial charge in [-0.25, -0.2) is 0 Å². The van der Waals surface area contributed by atoms with Gasteiger partial charge in [0.25, 0.3) is 0 Å². The van der Waals surface area contributed by atoms with Crippen LogP contribution in [0.5, 0.6) is 5.75 Å². The molecule has 1 atom stereocenters. The predicted octanol–water partition coefficient (Wildman–Crippen LogP) is 3.92. The van der Waals surface area contributed by atoms with Gasteiger partial charge < -0.3 is 4.74 Å². The van der Waals surface area contributed by atoms with Gasteiger partial charge in [-0.1, -0.05) is 24.1 Å². The summed E-state index contributed by atoms with van der Waals surface area (Å²) < 4.78 is 41.2. The molecule has 0 fully saturated rings. The molecule has 0 bridgehead atoms. The second-order valence-corrected chi connectivity index (χ2v) is 3.62. The highest BCUT2D eigenvalue weighted by molar-refractivity contribution is 5.34. The molecule has 1 aromatic rings. The van der Waals surface area contributed by atoms with Crippen molar-refractivity contribution in [3.63, 3.8) is 0 Å². The highest BCUT2D eigenvalue weighted by atomic mass is 19.4. The van der Waals surface area contributed by atoms with E-state index in [0.717, 1.165) is 0 Å². The molecule has 18 heavy (non-hydrogen) atoms. The van der Waals surface area contributed by atoms with Crippen LogP contribution in [0.1, 0.15) is 17.9 Å². The molecule has 0 N–H and O–H groups in total. The van der Waals surface area contributed by atoms with Crippen LogP contribution in [0.4, 0.5) is 13.2 Å². The van der Waals surface area contributed by atoms with Gasteiger partial charge in [0.15, 0.2) is 0 Å². The number of alkyl halides is 3. The third kappa shape index (κ3) is 4.54. The Bertz CT molecular complexity index is 449. The monoisotopic (exact) mass is 254 g/mol. The Morgan fingerprint density at radius 3 is 2.39 bits per heavy atom. The molecule has 96 valence electrons. The van der Waals surface area contributed by atoms with Gasteiger partial charge in [0, 0.05) is 11.8 Å². The first kappa shape index (κ1) is 14.2. The molecule has 0 saturated heterocycles. The minimum absolute atomic E-state index is 0.370. The molecule has 0 aromatic heterocycles. The van der Waals surface area contributed by atoms with Crippen molar-refractivity contribution in [3.05, 3.63) is 42.5 Å². The van der Waals surface area contributed by atoms with Crippen molar-refractivity contribution in [2.24, 2.45) is 0 Å². The zero-order valence-corrected chi connectivity index (χ0v) is 9.92. The summed E-state index contributed by atoms with van der Waals surface area (Å²) in [7, 11) is 1.53. The maximum atomic E-state index is 12.1. The van der Waals surface area contributed by atoms with E-state index in [1.54, 1.807) is 30.3 Å². The minimum atomic E-state index is -4.47. The van der Waals surface area contributed by atoms with Crippen molar-refractivity contribution in [3.8, 4) is 17.6 Å². The zero-order chi connectivity index (χ0) is 13.6. The van der Waals surface area contributed by atoms with E-state index in [9.17, 15) is 13.2 Å². The Kier molecular flexibility index (Phi) is 4.85. The van der Waals surface area contributed by atoms with E-state index < -0.39 is 12.1 Å². The average Bonchev–Trinajstić information content (AvgIpc) is 2.33. The van der Waals surface area contributed by atoms with E-state index >= 15 is 0 Å². The van der Waals surface area contributed by atoms with Crippen molar-refractivity contribution in [2.75, 3.05) is 7.11 Å². The van der Waals surface area contributed by atoms with Crippen LogP contribution in [0.3, 0.4) is 0 Å². The van der Waals surface area contributed by atoms with Crippen LogP contribution >= 0.6 is 0 Å². The second-order valence-electron chi connectivity index (χ2n) is 3.62. The van der Waals surface area contributed by atoms with Crippen LogP contribution in [-0.4, -0.2) is 13.3 Å². The van der Waals surface area contributed by atoms with Gasteiger partial charge in [-0.3, -0.25) is 0 Å². The van der Waals surface area contributed by atoms with E-state index in [1.807, 2.05) is 0 Å². The molecule has 0 aliphatic carbocycles. The van der Waals surface area contributed by atoms with Crippen molar-refractivity contribution in [1.82, 2.24) is 0 Å². The molecule has 0 radical (unpaired) electrons. The van der Waals surface area contributed by atoms with Gasteiger partial charge in [-0.05, 0) is 24.1 Å². The van der Waals surface area contributed by atoms with Gasteiger partial charge in [-0.2, -0.15) is 13.2 Å². The normalized spacial score (nSPS) is 12.2. The molecule has 0 aliphatic rings. The van der Waals surface area contributed by atoms with Gasteiger partial charge >= 0.3 is 6.18 Å². The number of methoxy groups -OCH3 is 1. The topological polar surface area (TPSA) is 9.23 Å². The summed E-state index contributed by atoms with van der Waals surface area (Å²) in [6.45, 7) is 3.53. The summed E-state index contributed by atoms with van der Waals surface area (Å²) >= 11 is 0. The van der Waals surface area contributed by atoms with Crippen LogP contribution in [0.15, 0.2) is 36.9 Å². The number of allylic oxidation sites excluding steroid dienone is 1. The van der Waals surface area contributed by atoms with Crippen molar-refractivity contribution >= 4 is 0 Å². The first-order valence-electron chi connectivity index (χ1n) is 5.30. The SMILES string of the molecule is C=CCC(C#CC(F)(F)F)c1ccc(OC)cc1. The number of rotatable bonds is 4. The molecule has 1 aromatic carbocycles. The fourth-order valence-corrected chi connectivity index (χ4v) is 1.45. The molecule has 1 nitrogen and oxygen atoms in total. The van der Waals surface area contributed by atoms with E-state index in [4.69, 9.17) is 4.74 Å². The summed E-state index contributed by atoms with van der Waals surface area (Å²) in [5.41, 5.74) is 0.715. The largest absolute Gasteiger partial charge is 0.497 e. The summed E-state index contributed by atoms with van der Waals surface area (Å²) in [4.78, 5) is 0. The van der Waals surface area contributed by atoms with E-state index in [-0.39, 0.29) is 0 Å². The fraction of sp³-hybridized carbons (Fsp3) is 0.286. The zero-order valence-electron chi connectivity index (χ0n) is 9.92. The first-order valence-corrected chi connectivity index (χ1v) is 5.30. The van der Waals surface area contributed by atoms with Gasteiger partial charge in [-0.15, -0.1) is 6.58 Å².